The van der Waals surface area contributed by atoms with E-state index >= 15 is 0 Å². The molecule has 1 aromatic rings. The zero-order chi connectivity index (χ0) is 14.8. The highest BCUT2D eigenvalue weighted by Gasteiger charge is 2.24. The lowest BCUT2D eigenvalue weighted by Crippen LogP contribution is -2.35. The highest BCUT2D eigenvalue weighted by Crippen LogP contribution is 2.25. The summed E-state index contributed by atoms with van der Waals surface area (Å²) >= 11 is 1.32. The third kappa shape index (κ3) is 4.42. The predicted molar refractivity (Wildman–Crippen MR) is 80.8 cm³/mol. The number of rotatable bonds is 5. The first-order valence-electron chi connectivity index (χ1n) is 6.34. The second-order valence-electron chi connectivity index (χ2n) is 5.81. The van der Waals surface area contributed by atoms with Crippen LogP contribution in [0.2, 0.25) is 0 Å². The Hall–Kier alpha value is -0.690. The van der Waals surface area contributed by atoms with E-state index in [0.717, 1.165) is 11.0 Å². The molecule has 5 nitrogen and oxygen atoms in total. The minimum atomic E-state index is -2.98. The first-order chi connectivity index (χ1) is 8.57. The van der Waals surface area contributed by atoms with Crippen LogP contribution in [0.25, 0.3) is 0 Å². The number of anilines is 1. The van der Waals surface area contributed by atoms with E-state index in [2.05, 4.69) is 30.1 Å². The van der Waals surface area contributed by atoms with Crippen LogP contribution >= 0.6 is 11.5 Å². The lowest BCUT2D eigenvalue weighted by molar-refractivity contribution is 0.553. The van der Waals surface area contributed by atoms with Gasteiger partial charge in [-0.15, -0.1) is 0 Å². The lowest BCUT2D eigenvalue weighted by Gasteiger charge is -2.23. The van der Waals surface area contributed by atoms with Gasteiger partial charge in [-0.25, -0.2) is 13.4 Å². The van der Waals surface area contributed by atoms with Gasteiger partial charge in [-0.1, -0.05) is 27.7 Å². The van der Waals surface area contributed by atoms with E-state index in [-0.39, 0.29) is 23.0 Å². The summed E-state index contributed by atoms with van der Waals surface area (Å²) in [5.74, 6) is 1.11. The van der Waals surface area contributed by atoms with Gasteiger partial charge in [0.15, 0.2) is 9.84 Å². The molecule has 0 aliphatic carbocycles. The van der Waals surface area contributed by atoms with Crippen molar-refractivity contribution in [1.82, 2.24) is 9.36 Å². The van der Waals surface area contributed by atoms with Crippen molar-refractivity contribution in [2.45, 2.75) is 46.1 Å². The Morgan fingerprint density at radius 2 is 1.95 bits per heavy atom. The van der Waals surface area contributed by atoms with Crippen LogP contribution in [0.5, 0.6) is 0 Å². The molecule has 1 heterocycles. The second kappa shape index (κ2) is 5.75. The van der Waals surface area contributed by atoms with Crippen molar-refractivity contribution in [3.63, 3.8) is 0 Å². The second-order valence-corrected chi connectivity index (χ2v) is 8.94. The number of hydrogen-bond acceptors (Lipinski definition) is 6. The largest absolute Gasteiger partial charge is 0.346 e. The molecule has 1 rings (SSSR count). The molecule has 7 heteroatoms. The van der Waals surface area contributed by atoms with Gasteiger partial charge in [-0.05, 0) is 6.92 Å². The summed E-state index contributed by atoms with van der Waals surface area (Å²) in [5.41, 5.74) is -0.0890. The van der Waals surface area contributed by atoms with Crippen LogP contribution in [0, 0.1) is 0 Å². The molecule has 110 valence electrons. The van der Waals surface area contributed by atoms with Gasteiger partial charge in [0.2, 0.25) is 5.13 Å². The molecule has 0 aliphatic rings. The molecule has 0 amide bonds. The third-order valence-corrected chi connectivity index (χ3v) is 5.66. The molecule has 0 saturated carbocycles. The highest BCUT2D eigenvalue weighted by molar-refractivity contribution is 7.91. The van der Waals surface area contributed by atoms with E-state index < -0.39 is 9.84 Å². The molecule has 0 saturated heterocycles. The Balaban J connectivity index is 2.83. The first kappa shape index (κ1) is 16.4. The zero-order valence-electron chi connectivity index (χ0n) is 12.5. The van der Waals surface area contributed by atoms with Crippen molar-refractivity contribution < 1.29 is 8.42 Å². The standard InChI is InChI=1S/C12H23N3O2S2/c1-7-19(16,17)8-9(2)15(6)11-13-10(14-18-11)12(3,4)5/h9H,7-8H2,1-6H3. The molecule has 0 aromatic carbocycles. The van der Waals surface area contributed by atoms with Crippen molar-refractivity contribution in [2.24, 2.45) is 0 Å². The van der Waals surface area contributed by atoms with Crippen molar-refractivity contribution in [3.05, 3.63) is 5.82 Å². The molecule has 0 N–H and O–H groups in total. The van der Waals surface area contributed by atoms with Crippen LogP contribution in [0.3, 0.4) is 0 Å². The van der Waals surface area contributed by atoms with E-state index in [0.29, 0.717) is 0 Å². The molecule has 0 aliphatic heterocycles. The number of hydrogen-bond donors (Lipinski definition) is 0. The van der Waals surface area contributed by atoms with Gasteiger partial charge < -0.3 is 4.90 Å². The van der Waals surface area contributed by atoms with Gasteiger partial charge in [-0.2, -0.15) is 4.37 Å². The molecule has 1 atom stereocenters. The Morgan fingerprint density at radius 3 is 2.37 bits per heavy atom. The molecule has 0 spiro atoms. The van der Waals surface area contributed by atoms with Gasteiger partial charge in [0.1, 0.15) is 5.82 Å². The predicted octanol–water partition coefficient (Wildman–Crippen LogP) is 2.10. The van der Waals surface area contributed by atoms with Gasteiger partial charge >= 0.3 is 0 Å². The first-order valence-corrected chi connectivity index (χ1v) is 8.93. The monoisotopic (exact) mass is 305 g/mol. The van der Waals surface area contributed by atoms with E-state index in [1.54, 1.807) is 6.92 Å². The maximum Gasteiger partial charge on any atom is 0.205 e. The smallest absolute Gasteiger partial charge is 0.205 e. The van der Waals surface area contributed by atoms with E-state index in [1.165, 1.54) is 11.5 Å². The van der Waals surface area contributed by atoms with Crippen molar-refractivity contribution in [1.29, 1.82) is 0 Å². The van der Waals surface area contributed by atoms with Crippen LogP contribution in [-0.4, -0.2) is 42.4 Å². The molecule has 1 aromatic heterocycles. The third-order valence-electron chi connectivity index (χ3n) is 2.98. The Morgan fingerprint density at radius 1 is 1.37 bits per heavy atom. The molecule has 0 radical (unpaired) electrons. The molecule has 1 unspecified atom stereocenters. The fourth-order valence-electron chi connectivity index (χ4n) is 1.45. The Labute approximate surface area is 120 Å². The van der Waals surface area contributed by atoms with Crippen LogP contribution in [0.4, 0.5) is 5.13 Å². The number of nitrogens with zero attached hydrogens (tertiary/aromatic N) is 3. The van der Waals surface area contributed by atoms with Gasteiger partial charge in [-0.3, -0.25) is 0 Å². The molecule has 0 bridgehead atoms. The van der Waals surface area contributed by atoms with Gasteiger partial charge in [0.25, 0.3) is 0 Å². The van der Waals surface area contributed by atoms with Crippen LogP contribution in [0.1, 0.15) is 40.4 Å². The fraction of sp³-hybridized carbons (Fsp3) is 0.833. The SMILES string of the molecule is CCS(=O)(=O)CC(C)N(C)c1nc(C(C)(C)C)ns1. The molecule has 0 fully saturated rings. The summed E-state index contributed by atoms with van der Waals surface area (Å²) in [7, 11) is -1.11. The van der Waals surface area contributed by atoms with E-state index in [1.807, 2.05) is 18.9 Å². The Bertz CT molecular complexity index is 517. The van der Waals surface area contributed by atoms with Crippen LogP contribution in [-0.2, 0) is 15.3 Å². The lowest BCUT2D eigenvalue weighted by atomic mass is 9.96. The summed E-state index contributed by atoms with van der Waals surface area (Å²) in [6.45, 7) is 9.74. The minimum absolute atomic E-state index is 0.0890. The summed E-state index contributed by atoms with van der Waals surface area (Å²) < 4.78 is 27.6. The van der Waals surface area contributed by atoms with Crippen LogP contribution in [0.15, 0.2) is 0 Å². The minimum Gasteiger partial charge on any atom is -0.346 e. The summed E-state index contributed by atoms with van der Waals surface area (Å²) in [6.07, 6.45) is 0. The Kier molecular flexibility index (Phi) is 4.95. The van der Waals surface area contributed by atoms with Crippen LogP contribution < -0.4 is 4.90 Å². The maximum absolute atomic E-state index is 11.7. The van der Waals surface area contributed by atoms with Crippen molar-refractivity contribution >= 4 is 26.5 Å². The molecule has 19 heavy (non-hydrogen) atoms. The highest BCUT2D eigenvalue weighted by atomic mass is 32.2. The van der Waals surface area contributed by atoms with E-state index in [4.69, 9.17) is 0 Å². The summed E-state index contributed by atoms with van der Waals surface area (Å²) in [6, 6.07) is -0.106. The van der Waals surface area contributed by atoms with Gasteiger partial charge in [0, 0.05) is 35.8 Å². The molecular weight excluding hydrogens is 282 g/mol. The van der Waals surface area contributed by atoms with Gasteiger partial charge in [0.05, 0.1) is 5.75 Å². The fourth-order valence-corrected chi connectivity index (χ4v) is 3.56. The average molecular weight is 305 g/mol. The summed E-state index contributed by atoms with van der Waals surface area (Å²) in [4.78, 5) is 6.39. The normalized spacial score (nSPS) is 14.4. The quantitative estimate of drug-likeness (QED) is 0.833. The zero-order valence-corrected chi connectivity index (χ0v) is 14.1. The number of aromatic nitrogens is 2. The summed E-state index contributed by atoms with van der Waals surface area (Å²) in [5, 5.41) is 0.767. The topological polar surface area (TPSA) is 63.2 Å². The number of sulfone groups is 1. The van der Waals surface area contributed by atoms with Crippen molar-refractivity contribution in [2.75, 3.05) is 23.5 Å². The maximum atomic E-state index is 11.7. The average Bonchev–Trinajstić information content (AvgIpc) is 2.76. The van der Waals surface area contributed by atoms with E-state index in [9.17, 15) is 8.42 Å². The molecular formula is C12H23N3O2S2. The van der Waals surface area contributed by atoms with Crippen molar-refractivity contribution in [3.8, 4) is 0 Å².